The minimum atomic E-state index is -1.96. The smallest absolute Gasteiger partial charge is 1.00 e. The topological polar surface area (TPSA) is 183 Å². The van der Waals surface area contributed by atoms with Crippen LogP contribution in [0.5, 0.6) is 0 Å². The van der Waals surface area contributed by atoms with Gasteiger partial charge >= 0.3 is 57.4 Å². The minimum Gasteiger partial charge on any atom is -1.00 e. The van der Waals surface area contributed by atoms with Crippen LogP contribution < -0.4 is 51.4 Å². The van der Waals surface area contributed by atoms with Gasteiger partial charge in [0, 0.05) is 38.0 Å². The summed E-state index contributed by atoms with van der Waals surface area (Å²) in [5.74, 6) is -3.82. The molecule has 0 unspecified atom stereocenters. The van der Waals surface area contributed by atoms with Gasteiger partial charge in [-0.05, 0) is 95.1 Å². The van der Waals surface area contributed by atoms with Crippen molar-refractivity contribution in [3.8, 4) is 0 Å². The average molecular weight is 845 g/mol. The third kappa shape index (κ3) is 10.1. The maximum Gasteiger partial charge on any atom is 1.00 e. The van der Waals surface area contributed by atoms with Crippen molar-refractivity contribution < 1.29 is 116 Å². The average Bonchev–Trinajstić information content (AvgIpc) is 3.56. The molecule has 14 heteroatoms. The summed E-state index contributed by atoms with van der Waals surface area (Å²) in [6, 6.07) is 0. The number of fused-ring (bicyclic) bond motifs is 1. The molecule has 5 N–H and O–H groups in total. The standard InChI is InChI=1S/C44H68O13.K.H/c1-25-21-34(55-44(23-25)35(46)12-11-31(54-44)24-41(6,50)40(48)49)26(2)9-10-30-14-18-43(53-30)19-15-33-39(57-43)36(47)29(5)38(52-33)32(45)22-28(4)37-27(3)13-17-42(56-37)16-7-8-20-51-42;;/h9-10,23,26-28,30-39,45-47,50H,5,7-8,11-22,24H2,1-4,6H3,(H,48,49);;/q;+1;-1/b10-9+;;/t26-,27-,28+,30+,31+,32+,33-,34+,35-,36-,37+,38+,39-,41-,42+,43-,44-;;/m1../s1. The molecule has 6 saturated heterocycles. The van der Waals surface area contributed by atoms with E-state index in [1.165, 1.54) is 6.92 Å². The molecule has 0 aliphatic carbocycles. The van der Waals surface area contributed by atoms with Crippen LogP contribution in [0.2, 0.25) is 0 Å². The molecule has 7 rings (SSSR count). The molecule has 0 aromatic rings. The fourth-order valence-corrected chi connectivity index (χ4v) is 10.5. The van der Waals surface area contributed by atoms with E-state index in [0.29, 0.717) is 56.4 Å². The van der Waals surface area contributed by atoms with E-state index in [1.54, 1.807) is 6.08 Å². The van der Waals surface area contributed by atoms with Crippen LogP contribution in [0.25, 0.3) is 0 Å². The van der Waals surface area contributed by atoms with Crippen molar-refractivity contribution in [2.75, 3.05) is 6.61 Å². The van der Waals surface area contributed by atoms with Crippen LogP contribution in [0.3, 0.4) is 0 Å². The van der Waals surface area contributed by atoms with Gasteiger partial charge in [-0.2, -0.15) is 0 Å². The molecule has 7 aliphatic heterocycles. The van der Waals surface area contributed by atoms with Crippen molar-refractivity contribution in [3.05, 3.63) is 36.0 Å². The molecule has 7 aliphatic rings. The number of aliphatic hydroxyl groups is 4. The summed E-state index contributed by atoms with van der Waals surface area (Å²) >= 11 is 0. The van der Waals surface area contributed by atoms with Crippen molar-refractivity contribution in [3.63, 3.8) is 0 Å². The van der Waals surface area contributed by atoms with Crippen LogP contribution in [0.1, 0.15) is 126 Å². The Labute approximate surface area is 388 Å². The summed E-state index contributed by atoms with van der Waals surface area (Å²) in [5, 5.41) is 54.0. The van der Waals surface area contributed by atoms with Crippen molar-refractivity contribution >= 4 is 5.97 Å². The molecular formula is C44H69KO13. The number of aliphatic carboxylic acids is 1. The van der Waals surface area contributed by atoms with Crippen LogP contribution in [-0.2, 0) is 38.0 Å². The minimum absolute atomic E-state index is 0. The molecule has 58 heavy (non-hydrogen) atoms. The number of aliphatic hydroxyl groups excluding tert-OH is 3. The second-order valence-electron chi connectivity index (χ2n) is 18.9. The van der Waals surface area contributed by atoms with Crippen LogP contribution >= 0.6 is 0 Å². The van der Waals surface area contributed by atoms with E-state index in [9.17, 15) is 30.3 Å². The van der Waals surface area contributed by atoms with E-state index in [0.717, 1.165) is 50.7 Å². The fourth-order valence-electron chi connectivity index (χ4n) is 10.5. The predicted octanol–water partition coefficient (Wildman–Crippen LogP) is 2.33. The number of ether oxygens (including phenoxy) is 7. The van der Waals surface area contributed by atoms with Gasteiger partial charge in [-0.15, -0.1) is 0 Å². The number of carboxylic acid groups (broad SMARTS) is 1. The van der Waals surface area contributed by atoms with Gasteiger partial charge < -0.3 is 60.1 Å². The van der Waals surface area contributed by atoms with Crippen LogP contribution in [0, 0.1) is 17.8 Å². The second-order valence-corrected chi connectivity index (χ2v) is 18.9. The number of hydrogen-bond acceptors (Lipinski definition) is 12. The van der Waals surface area contributed by atoms with Crippen molar-refractivity contribution in [1.29, 1.82) is 0 Å². The number of hydrogen-bond donors (Lipinski definition) is 5. The summed E-state index contributed by atoms with van der Waals surface area (Å²) in [6.07, 6.45) is 9.37. The van der Waals surface area contributed by atoms with Crippen LogP contribution in [0.15, 0.2) is 36.0 Å². The van der Waals surface area contributed by atoms with Gasteiger partial charge in [0.15, 0.2) is 17.2 Å². The summed E-state index contributed by atoms with van der Waals surface area (Å²) in [7, 11) is 0. The first kappa shape index (κ1) is 47.4. The zero-order valence-electron chi connectivity index (χ0n) is 36.6. The van der Waals surface area contributed by atoms with Gasteiger partial charge in [-0.25, -0.2) is 4.79 Å². The Hall–Kier alpha value is -0.114. The third-order valence-corrected chi connectivity index (χ3v) is 14.0. The van der Waals surface area contributed by atoms with Crippen molar-refractivity contribution in [2.24, 2.45) is 17.8 Å². The largest absolute Gasteiger partial charge is 1.00 e. The molecule has 0 saturated carbocycles. The molecule has 0 bridgehead atoms. The van der Waals surface area contributed by atoms with Gasteiger partial charge in [0.05, 0.1) is 43.2 Å². The predicted molar refractivity (Wildman–Crippen MR) is 209 cm³/mol. The molecule has 13 nitrogen and oxygen atoms in total. The number of rotatable bonds is 10. The molecule has 0 radical (unpaired) electrons. The molecule has 17 atom stereocenters. The van der Waals surface area contributed by atoms with E-state index < -0.39 is 71.7 Å². The molecule has 3 spiro atoms. The fraction of sp³-hybridized carbons (Fsp3) is 0.841. The Kier molecular flexibility index (Phi) is 15.5. The maximum atomic E-state index is 11.6. The summed E-state index contributed by atoms with van der Waals surface area (Å²) in [5.41, 5.74) is -0.551. The van der Waals surface area contributed by atoms with Crippen LogP contribution in [0.4, 0.5) is 0 Å². The Morgan fingerprint density at radius 3 is 2.48 bits per heavy atom. The quantitative estimate of drug-likeness (QED) is 0.160. The third-order valence-electron chi connectivity index (χ3n) is 14.0. The zero-order valence-corrected chi connectivity index (χ0v) is 38.7. The molecule has 6 fully saturated rings. The molecule has 0 amide bonds. The normalized spacial score (nSPS) is 44.6. The molecule has 324 valence electrons. The van der Waals surface area contributed by atoms with Gasteiger partial charge in [0.2, 0.25) is 5.79 Å². The van der Waals surface area contributed by atoms with Gasteiger partial charge in [0.25, 0.3) is 0 Å². The van der Waals surface area contributed by atoms with E-state index in [4.69, 9.17) is 33.2 Å². The van der Waals surface area contributed by atoms with Gasteiger partial charge in [-0.3, -0.25) is 0 Å². The SMILES string of the molecule is C=C1[C@@H](O)[C@@H]2O[C@]3(CC[C@H](/C=C/[C@@H](C)[C@@H]4CC(C)=C[C@@]5(O[C@H](C[C@@](C)(O)C(=O)O)CC[C@H]5O)O4)O3)CC[C@H]2O[C@@H]1[C@@H](O)C[C@H](C)[C@H]1O[C@@]2(CCCCO2)CC[C@H]1C.[H-].[K+]. The molecular weight excluding hydrogens is 776 g/mol. The second kappa shape index (κ2) is 18.9. The summed E-state index contributed by atoms with van der Waals surface area (Å²) in [6.45, 7) is 14.5. The molecule has 0 aromatic heterocycles. The van der Waals surface area contributed by atoms with Crippen molar-refractivity contribution in [2.45, 2.75) is 209 Å². The summed E-state index contributed by atoms with van der Waals surface area (Å²) in [4.78, 5) is 11.6. The van der Waals surface area contributed by atoms with Gasteiger partial charge in [0.1, 0.15) is 24.4 Å². The Morgan fingerprint density at radius 2 is 1.76 bits per heavy atom. The molecule has 7 heterocycles. The molecule has 0 aromatic carbocycles. The van der Waals surface area contributed by atoms with E-state index in [1.807, 2.05) is 19.9 Å². The van der Waals surface area contributed by atoms with Gasteiger partial charge in [-0.1, -0.05) is 45.1 Å². The Morgan fingerprint density at radius 1 is 1.02 bits per heavy atom. The van der Waals surface area contributed by atoms with E-state index in [-0.39, 0.29) is 89.4 Å². The van der Waals surface area contributed by atoms with E-state index >= 15 is 0 Å². The first-order chi connectivity index (χ1) is 26.9. The summed E-state index contributed by atoms with van der Waals surface area (Å²) < 4.78 is 45.2. The van der Waals surface area contributed by atoms with Crippen molar-refractivity contribution in [1.82, 2.24) is 0 Å². The Bertz CT molecular complexity index is 1520. The number of carboxylic acids is 1. The first-order valence-electron chi connectivity index (χ1n) is 21.7. The van der Waals surface area contributed by atoms with Crippen LogP contribution in [-0.4, -0.2) is 122 Å². The number of carbonyl (C=O) groups is 1. The Balaban J connectivity index is 0.00000331. The van der Waals surface area contributed by atoms with E-state index in [2.05, 4.69) is 26.5 Å². The zero-order chi connectivity index (χ0) is 40.9. The first-order valence-corrected chi connectivity index (χ1v) is 21.7. The monoisotopic (exact) mass is 844 g/mol. The maximum absolute atomic E-state index is 11.6.